The molecule has 1 N–H and O–H groups in total. The van der Waals surface area contributed by atoms with Gasteiger partial charge >= 0.3 is 0 Å². The lowest BCUT2D eigenvalue weighted by molar-refractivity contribution is 0.318. The zero-order chi connectivity index (χ0) is 12.3. The Bertz CT molecular complexity index is 358. The summed E-state index contributed by atoms with van der Waals surface area (Å²) in [7, 11) is 1.99. The van der Waals surface area contributed by atoms with Crippen LogP contribution in [0.2, 0.25) is 0 Å². The molecule has 1 aromatic heterocycles. The first-order valence-corrected chi connectivity index (χ1v) is 6.83. The summed E-state index contributed by atoms with van der Waals surface area (Å²) in [4.78, 5) is 0. The second kappa shape index (κ2) is 5.21. The van der Waals surface area contributed by atoms with Crippen LogP contribution in [0.15, 0.2) is 12.3 Å². The molecular weight excluding hydrogens is 210 g/mol. The molecule has 0 amide bonds. The van der Waals surface area contributed by atoms with Crippen LogP contribution < -0.4 is 5.32 Å². The molecule has 0 saturated heterocycles. The Morgan fingerprint density at radius 2 is 2.41 bits per heavy atom. The average Bonchev–Trinajstić information content (AvgIpc) is 2.83. The lowest BCUT2D eigenvalue weighted by atomic mass is 9.83. The Morgan fingerprint density at radius 1 is 1.59 bits per heavy atom. The van der Waals surface area contributed by atoms with E-state index in [1.165, 1.54) is 31.4 Å². The normalized spacial score (nSPS) is 28.8. The van der Waals surface area contributed by atoms with Crippen molar-refractivity contribution in [1.82, 2.24) is 15.1 Å². The minimum atomic E-state index is 0.444. The van der Waals surface area contributed by atoms with E-state index in [0.29, 0.717) is 5.41 Å². The van der Waals surface area contributed by atoms with Gasteiger partial charge in [0.05, 0.1) is 5.69 Å². The van der Waals surface area contributed by atoms with Crippen LogP contribution >= 0.6 is 0 Å². The summed E-state index contributed by atoms with van der Waals surface area (Å²) in [5.74, 6) is 0. The summed E-state index contributed by atoms with van der Waals surface area (Å²) >= 11 is 0. The summed E-state index contributed by atoms with van der Waals surface area (Å²) in [6.45, 7) is 5.80. The van der Waals surface area contributed by atoms with E-state index in [0.717, 1.165) is 19.0 Å². The number of nitrogens with zero attached hydrogens (tertiary/aromatic N) is 2. The van der Waals surface area contributed by atoms with Crippen LogP contribution in [0, 0.1) is 5.41 Å². The van der Waals surface area contributed by atoms with Gasteiger partial charge in [0.15, 0.2) is 0 Å². The Balaban J connectivity index is 1.88. The molecule has 96 valence electrons. The van der Waals surface area contributed by atoms with Crippen LogP contribution in [0.1, 0.15) is 45.2 Å². The van der Waals surface area contributed by atoms with Crippen LogP contribution in [0.4, 0.5) is 0 Å². The third kappa shape index (κ3) is 3.32. The van der Waals surface area contributed by atoms with Gasteiger partial charge in [-0.05, 0) is 50.1 Å². The molecule has 3 nitrogen and oxygen atoms in total. The molecule has 17 heavy (non-hydrogen) atoms. The summed E-state index contributed by atoms with van der Waals surface area (Å²) in [6.07, 6.45) is 8.34. The lowest BCUT2D eigenvalue weighted by Gasteiger charge is -2.23. The average molecular weight is 235 g/mol. The monoisotopic (exact) mass is 235 g/mol. The van der Waals surface area contributed by atoms with Crippen LogP contribution in [0.5, 0.6) is 0 Å². The fourth-order valence-corrected chi connectivity index (χ4v) is 3.00. The SMILES string of the molecule is CCCNC1CCC(C)(Cc2ccn(C)n2)C1. The Morgan fingerprint density at radius 3 is 3.06 bits per heavy atom. The van der Waals surface area contributed by atoms with Gasteiger partial charge in [-0.2, -0.15) is 5.10 Å². The van der Waals surface area contributed by atoms with Gasteiger partial charge in [-0.3, -0.25) is 4.68 Å². The van der Waals surface area contributed by atoms with Crippen LogP contribution in [0.25, 0.3) is 0 Å². The van der Waals surface area contributed by atoms with Gasteiger partial charge in [-0.1, -0.05) is 13.8 Å². The van der Waals surface area contributed by atoms with Crippen molar-refractivity contribution in [1.29, 1.82) is 0 Å². The standard InChI is InChI=1S/C14H25N3/c1-4-8-15-12-5-7-14(2,10-12)11-13-6-9-17(3)16-13/h6,9,12,15H,4-5,7-8,10-11H2,1-3H3. The van der Waals surface area contributed by atoms with Crippen LogP contribution in [-0.2, 0) is 13.5 Å². The van der Waals surface area contributed by atoms with Gasteiger partial charge in [0.1, 0.15) is 0 Å². The molecule has 2 unspecified atom stereocenters. The van der Waals surface area contributed by atoms with Crippen molar-refractivity contribution >= 4 is 0 Å². The molecule has 3 heteroatoms. The molecule has 0 bridgehead atoms. The molecule has 2 rings (SSSR count). The fourth-order valence-electron chi connectivity index (χ4n) is 3.00. The van der Waals surface area contributed by atoms with Crippen molar-refractivity contribution < 1.29 is 0 Å². The third-order valence-electron chi connectivity index (χ3n) is 3.90. The topological polar surface area (TPSA) is 29.9 Å². The van der Waals surface area contributed by atoms with E-state index < -0.39 is 0 Å². The van der Waals surface area contributed by atoms with E-state index in [2.05, 4.69) is 30.3 Å². The first kappa shape index (κ1) is 12.6. The number of hydrogen-bond acceptors (Lipinski definition) is 2. The largest absolute Gasteiger partial charge is 0.314 e. The van der Waals surface area contributed by atoms with Gasteiger partial charge in [-0.25, -0.2) is 0 Å². The number of rotatable bonds is 5. The maximum Gasteiger partial charge on any atom is 0.0629 e. The number of aromatic nitrogens is 2. The van der Waals surface area contributed by atoms with E-state index in [9.17, 15) is 0 Å². The molecule has 1 heterocycles. The lowest BCUT2D eigenvalue weighted by Crippen LogP contribution is -2.29. The van der Waals surface area contributed by atoms with Crippen molar-refractivity contribution in [3.63, 3.8) is 0 Å². The molecule has 0 radical (unpaired) electrons. The molecule has 1 fully saturated rings. The first-order chi connectivity index (χ1) is 8.11. The highest BCUT2D eigenvalue weighted by molar-refractivity contribution is 5.05. The fraction of sp³-hybridized carbons (Fsp3) is 0.786. The predicted molar refractivity (Wildman–Crippen MR) is 71.0 cm³/mol. The molecule has 1 aliphatic rings. The van der Waals surface area contributed by atoms with E-state index in [4.69, 9.17) is 0 Å². The van der Waals surface area contributed by atoms with Crippen molar-refractivity contribution in [2.45, 2.75) is 52.0 Å². The highest BCUT2D eigenvalue weighted by Crippen LogP contribution is 2.40. The number of aryl methyl sites for hydroxylation is 1. The summed E-state index contributed by atoms with van der Waals surface area (Å²) < 4.78 is 1.90. The first-order valence-electron chi connectivity index (χ1n) is 6.83. The Kier molecular flexibility index (Phi) is 3.87. The quantitative estimate of drug-likeness (QED) is 0.850. The van der Waals surface area contributed by atoms with E-state index in [1.807, 2.05) is 17.9 Å². The summed E-state index contributed by atoms with van der Waals surface area (Å²) in [5, 5.41) is 8.15. The van der Waals surface area contributed by atoms with E-state index >= 15 is 0 Å². The molecule has 1 aliphatic carbocycles. The molecule has 0 aromatic carbocycles. The Labute approximate surface area is 105 Å². The molecular formula is C14H25N3. The van der Waals surface area contributed by atoms with E-state index in [1.54, 1.807) is 0 Å². The second-order valence-electron chi connectivity index (χ2n) is 5.86. The van der Waals surface area contributed by atoms with Crippen molar-refractivity contribution in [2.75, 3.05) is 6.54 Å². The number of nitrogens with one attached hydrogen (secondary N) is 1. The highest BCUT2D eigenvalue weighted by Gasteiger charge is 2.35. The zero-order valence-electron chi connectivity index (χ0n) is 11.4. The minimum Gasteiger partial charge on any atom is -0.314 e. The molecule has 1 saturated carbocycles. The minimum absolute atomic E-state index is 0.444. The Hall–Kier alpha value is -0.830. The predicted octanol–water partition coefficient (Wildman–Crippen LogP) is 2.52. The van der Waals surface area contributed by atoms with E-state index in [-0.39, 0.29) is 0 Å². The smallest absolute Gasteiger partial charge is 0.0629 e. The maximum atomic E-state index is 4.50. The van der Waals surface area contributed by atoms with Crippen LogP contribution in [0.3, 0.4) is 0 Å². The van der Waals surface area contributed by atoms with Crippen molar-refractivity contribution in [3.05, 3.63) is 18.0 Å². The van der Waals surface area contributed by atoms with Crippen molar-refractivity contribution in [2.24, 2.45) is 12.5 Å². The maximum absolute atomic E-state index is 4.50. The third-order valence-corrected chi connectivity index (χ3v) is 3.90. The molecule has 0 aliphatic heterocycles. The summed E-state index contributed by atoms with van der Waals surface area (Å²) in [6, 6.07) is 2.88. The highest BCUT2D eigenvalue weighted by atomic mass is 15.2. The van der Waals surface area contributed by atoms with Gasteiger partial charge < -0.3 is 5.32 Å². The van der Waals surface area contributed by atoms with Gasteiger partial charge in [-0.15, -0.1) is 0 Å². The van der Waals surface area contributed by atoms with Gasteiger partial charge in [0, 0.05) is 19.3 Å². The molecule has 1 aromatic rings. The van der Waals surface area contributed by atoms with Crippen molar-refractivity contribution in [3.8, 4) is 0 Å². The van der Waals surface area contributed by atoms with Gasteiger partial charge in [0.25, 0.3) is 0 Å². The second-order valence-corrected chi connectivity index (χ2v) is 5.86. The molecule has 0 spiro atoms. The number of hydrogen-bond donors (Lipinski definition) is 1. The van der Waals surface area contributed by atoms with Crippen LogP contribution in [-0.4, -0.2) is 22.4 Å². The zero-order valence-corrected chi connectivity index (χ0v) is 11.4. The summed E-state index contributed by atoms with van der Waals surface area (Å²) in [5.41, 5.74) is 1.69. The van der Waals surface area contributed by atoms with Gasteiger partial charge in [0.2, 0.25) is 0 Å². The molecule has 2 atom stereocenters.